The molecule has 3 nitrogen and oxygen atoms in total. The molecule has 2 aromatic carbocycles. The first-order chi connectivity index (χ1) is 10.3. The summed E-state index contributed by atoms with van der Waals surface area (Å²) >= 11 is 1.51. The molecule has 0 radical (unpaired) electrons. The van der Waals surface area contributed by atoms with Gasteiger partial charge in [0.05, 0.1) is 12.0 Å². The van der Waals surface area contributed by atoms with Crippen LogP contribution in [0, 0.1) is 0 Å². The van der Waals surface area contributed by atoms with Crippen LogP contribution in [0.4, 0.5) is 0 Å². The Labute approximate surface area is 127 Å². The Morgan fingerprint density at radius 2 is 1.90 bits per heavy atom. The summed E-state index contributed by atoms with van der Waals surface area (Å²) in [7, 11) is 1.63. The molecule has 0 bridgehead atoms. The van der Waals surface area contributed by atoms with Gasteiger partial charge in [-0.2, -0.15) is 0 Å². The molecule has 0 fully saturated rings. The molecular formula is C17H15NO2S. The van der Waals surface area contributed by atoms with E-state index in [0.717, 1.165) is 26.3 Å². The summed E-state index contributed by atoms with van der Waals surface area (Å²) in [6.45, 7) is 0.455. The van der Waals surface area contributed by atoms with Crippen molar-refractivity contribution in [1.29, 1.82) is 0 Å². The Kier molecular flexibility index (Phi) is 3.88. The maximum Gasteiger partial charge on any atom is 0.261 e. The number of para-hydroxylation sites is 1. The average molecular weight is 297 g/mol. The molecule has 1 aromatic heterocycles. The van der Waals surface area contributed by atoms with E-state index < -0.39 is 0 Å². The molecule has 0 saturated heterocycles. The molecule has 0 aliphatic rings. The first kappa shape index (κ1) is 13.6. The van der Waals surface area contributed by atoms with E-state index in [4.69, 9.17) is 4.74 Å². The van der Waals surface area contributed by atoms with Crippen molar-refractivity contribution in [1.82, 2.24) is 5.32 Å². The number of rotatable bonds is 4. The van der Waals surface area contributed by atoms with Gasteiger partial charge >= 0.3 is 0 Å². The van der Waals surface area contributed by atoms with E-state index in [-0.39, 0.29) is 5.91 Å². The topological polar surface area (TPSA) is 38.3 Å². The predicted octanol–water partition coefficient (Wildman–Crippen LogP) is 3.84. The van der Waals surface area contributed by atoms with Crippen LogP contribution in [-0.2, 0) is 6.54 Å². The van der Waals surface area contributed by atoms with Crippen molar-refractivity contribution in [3.63, 3.8) is 0 Å². The number of carbonyl (C=O) groups excluding carboxylic acids is 1. The lowest BCUT2D eigenvalue weighted by Crippen LogP contribution is -2.22. The fourth-order valence-electron chi connectivity index (χ4n) is 2.21. The summed E-state index contributed by atoms with van der Waals surface area (Å²) in [6.07, 6.45) is 0. The maximum atomic E-state index is 12.2. The van der Waals surface area contributed by atoms with Gasteiger partial charge in [0, 0.05) is 16.8 Å². The predicted molar refractivity (Wildman–Crippen MR) is 86.0 cm³/mol. The van der Waals surface area contributed by atoms with Crippen LogP contribution >= 0.6 is 11.3 Å². The molecule has 0 unspecified atom stereocenters. The minimum Gasteiger partial charge on any atom is -0.496 e. The molecule has 0 atom stereocenters. The molecule has 4 heteroatoms. The minimum atomic E-state index is -0.0536. The summed E-state index contributed by atoms with van der Waals surface area (Å²) in [6, 6.07) is 17.6. The Bertz CT molecular complexity index is 746. The molecule has 0 aliphatic heterocycles. The highest BCUT2D eigenvalue weighted by Gasteiger charge is 2.10. The second-order valence-corrected chi connectivity index (χ2v) is 5.73. The number of thiophene rings is 1. The molecule has 21 heavy (non-hydrogen) atoms. The molecule has 106 valence electrons. The largest absolute Gasteiger partial charge is 0.496 e. The van der Waals surface area contributed by atoms with Crippen LogP contribution in [0.3, 0.4) is 0 Å². The smallest absolute Gasteiger partial charge is 0.261 e. The first-order valence-electron chi connectivity index (χ1n) is 6.66. The SMILES string of the molecule is COc1ccccc1CNC(=O)c1cc2ccccc2s1. The number of hydrogen-bond donors (Lipinski definition) is 1. The lowest BCUT2D eigenvalue weighted by atomic mass is 10.2. The molecule has 3 aromatic rings. The van der Waals surface area contributed by atoms with Crippen molar-refractivity contribution in [3.05, 3.63) is 65.0 Å². The van der Waals surface area contributed by atoms with E-state index >= 15 is 0 Å². The standard InChI is InChI=1S/C17H15NO2S/c1-20-14-8-4-2-7-13(14)11-18-17(19)16-10-12-6-3-5-9-15(12)21-16/h2-10H,11H2,1H3,(H,18,19). The second-order valence-electron chi connectivity index (χ2n) is 4.64. The number of hydrogen-bond acceptors (Lipinski definition) is 3. The van der Waals surface area contributed by atoms with Gasteiger partial charge in [-0.15, -0.1) is 11.3 Å². The van der Waals surface area contributed by atoms with E-state index in [1.165, 1.54) is 11.3 Å². The van der Waals surface area contributed by atoms with E-state index in [9.17, 15) is 4.79 Å². The summed E-state index contributed by atoms with van der Waals surface area (Å²) < 4.78 is 6.41. The summed E-state index contributed by atoms with van der Waals surface area (Å²) in [5.74, 6) is 0.733. The van der Waals surface area contributed by atoms with E-state index in [1.54, 1.807) is 7.11 Å². The third kappa shape index (κ3) is 2.90. The molecule has 1 heterocycles. The highest BCUT2D eigenvalue weighted by atomic mass is 32.1. The van der Waals surface area contributed by atoms with Crippen molar-refractivity contribution in [2.75, 3.05) is 7.11 Å². The quantitative estimate of drug-likeness (QED) is 0.794. The zero-order chi connectivity index (χ0) is 14.7. The minimum absolute atomic E-state index is 0.0536. The van der Waals surface area contributed by atoms with Crippen LogP contribution in [-0.4, -0.2) is 13.0 Å². The van der Waals surface area contributed by atoms with Gasteiger partial charge in [0.25, 0.3) is 5.91 Å². The summed E-state index contributed by atoms with van der Waals surface area (Å²) in [5.41, 5.74) is 0.967. The van der Waals surface area contributed by atoms with Gasteiger partial charge in [0.1, 0.15) is 5.75 Å². The highest BCUT2D eigenvalue weighted by Crippen LogP contribution is 2.25. The summed E-state index contributed by atoms with van der Waals surface area (Å²) in [5, 5.41) is 4.04. The van der Waals surface area contributed by atoms with Crippen molar-refractivity contribution >= 4 is 27.3 Å². The number of benzene rings is 2. The molecule has 1 N–H and O–H groups in total. The zero-order valence-corrected chi connectivity index (χ0v) is 12.4. The average Bonchev–Trinajstić information content (AvgIpc) is 2.97. The van der Waals surface area contributed by atoms with Crippen molar-refractivity contribution in [2.45, 2.75) is 6.54 Å². The monoisotopic (exact) mass is 297 g/mol. The van der Waals surface area contributed by atoms with Crippen molar-refractivity contribution < 1.29 is 9.53 Å². The number of carbonyl (C=O) groups is 1. The van der Waals surface area contributed by atoms with Gasteiger partial charge < -0.3 is 10.1 Å². The first-order valence-corrected chi connectivity index (χ1v) is 7.48. The molecule has 0 spiro atoms. The molecule has 3 rings (SSSR count). The fraction of sp³-hybridized carbons (Fsp3) is 0.118. The number of ether oxygens (including phenoxy) is 1. The Morgan fingerprint density at radius 1 is 1.14 bits per heavy atom. The van der Waals surface area contributed by atoms with Crippen molar-refractivity contribution in [3.8, 4) is 5.75 Å². The van der Waals surface area contributed by atoms with Gasteiger partial charge in [0.15, 0.2) is 0 Å². The Balaban J connectivity index is 1.74. The van der Waals surface area contributed by atoms with Gasteiger partial charge in [0.2, 0.25) is 0 Å². The molecular weight excluding hydrogens is 282 g/mol. The number of nitrogens with one attached hydrogen (secondary N) is 1. The Morgan fingerprint density at radius 3 is 2.71 bits per heavy atom. The van der Waals surface area contributed by atoms with E-state index in [0.29, 0.717) is 6.54 Å². The molecule has 0 saturated carbocycles. The van der Waals surface area contributed by atoms with Crippen LogP contribution in [0.2, 0.25) is 0 Å². The van der Waals surface area contributed by atoms with E-state index in [1.807, 2.05) is 54.6 Å². The lowest BCUT2D eigenvalue weighted by Gasteiger charge is -2.08. The van der Waals surface area contributed by atoms with Gasteiger partial charge in [-0.1, -0.05) is 36.4 Å². The lowest BCUT2D eigenvalue weighted by molar-refractivity contribution is 0.0955. The Hall–Kier alpha value is -2.33. The maximum absolute atomic E-state index is 12.2. The second kappa shape index (κ2) is 5.97. The van der Waals surface area contributed by atoms with Gasteiger partial charge in [-0.05, 0) is 23.6 Å². The third-order valence-corrected chi connectivity index (χ3v) is 4.40. The zero-order valence-electron chi connectivity index (χ0n) is 11.6. The number of methoxy groups -OCH3 is 1. The highest BCUT2D eigenvalue weighted by molar-refractivity contribution is 7.20. The van der Waals surface area contributed by atoms with Gasteiger partial charge in [-0.25, -0.2) is 0 Å². The van der Waals surface area contributed by atoms with Crippen LogP contribution in [0.15, 0.2) is 54.6 Å². The normalized spacial score (nSPS) is 10.5. The molecule has 0 aliphatic carbocycles. The van der Waals surface area contributed by atoms with Crippen LogP contribution in [0.1, 0.15) is 15.2 Å². The van der Waals surface area contributed by atoms with Crippen LogP contribution in [0.25, 0.3) is 10.1 Å². The fourth-order valence-corrected chi connectivity index (χ4v) is 3.18. The van der Waals surface area contributed by atoms with Crippen molar-refractivity contribution in [2.24, 2.45) is 0 Å². The van der Waals surface area contributed by atoms with E-state index in [2.05, 4.69) is 5.32 Å². The number of amides is 1. The van der Waals surface area contributed by atoms with Crippen LogP contribution in [0.5, 0.6) is 5.75 Å². The number of fused-ring (bicyclic) bond motifs is 1. The summed E-state index contributed by atoms with van der Waals surface area (Å²) in [4.78, 5) is 13.0. The third-order valence-electron chi connectivity index (χ3n) is 3.28. The molecule has 1 amide bonds. The van der Waals surface area contributed by atoms with Gasteiger partial charge in [-0.3, -0.25) is 4.79 Å². The van der Waals surface area contributed by atoms with Crippen LogP contribution < -0.4 is 10.1 Å².